The Balaban J connectivity index is 2.04. The van der Waals surface area contributed by atoms with Gasteiger partial charge >= 0.3 is 5.97 Å². The molecule has 5 nitrogen and oxygen atoms in total. The average molecular weight is 285 g/mol. The number of para-hydroxylation sites is 2. The highest BCUT2D eigenvalue weighted by molar-refractivity contribution is 5.81. The Morgan fingerprint density at radius 3 is 2.62 bits per heavy atom. The minimum absolute atomic E-state index is 0.204. The molecule has 106 valence electrons. The first-order valence-electron chi connectivity index (χ1n) is 6.33. The zero-order valence-electron chi connectivity index (χ0n) is 11.0. The molecule has 0 saturated heterocycles. The number of carboxylic acid groups (broad SMARTS) is 1. The first-order chi connectivity index (χ1) is 10.1. The van der Waals surface area contributed by atoms with Crippen molar-refractivity contribution < 1.29 is 14.3 Å². The Morgan fingerprint density at radius 1 is 1.19 bits per heavy atom. The maximum Gasteiger partial charge on any atom is 0.323 e. The lowest BCUT2D eigenvalue weighted by atomic mass is 10.3. The molecule has 1 heterocycles. The molecule has 6 heteroatoms. The lowest BCUT2D eigenvalue weighted by Crippen LogP contribution is -2.11. The minimum atomic E-state index is -0.958. The summed E-state index contributed by atoms with van der Waals surface area (Å²) >= 11 is 0. The number of hydrogen-bond donors (Lipinski definition) is 2. The number of aromatic nitrogens is 2. The number of anilines is 2. The molecule has 0 radical (unpaired) electrons. The van der Waals surface area contributed by atoms with E-state index in [9.17, 15) is 9.18 Å². The highest BCUT2D eigenvalue weighted by atomic mass is 19.1. The van der Waals surface area contributed by atoms with Gasteiger partial charge in [-0.1, -0.05) is 12.1 Å². The van der Waals surface area contributed by atoms with Gasteiger partial charge in [0.05, 0.1) is 11.0 Å². The zero-order chi connectivity index (χ0) is 14.8. The smallest absolute Gasteiger partial charge is 0.323 e. The van der Waals surface area contributed by atoms with Crippen molar-refractivity contribution in [2.75, 3.05) is 5.32 Å². The van der Waals surface area contributed by atoms with E-state index in [-0.39, 0.29) is 12.4 Å². The first kappa shape index (κ1) is 13.1. The summed E-state index contributed by atoms with van der Waals surface area (Å²) in [7, 11) is 0. The Labute approximate surface area is 119 Å². The summed E-state index contributed by atoms with van der Waals surface area (Å²) in [6.07, 6.45) is 0. The molecule has 0 aliphatic carbocycles. The van der Waals surface area contributed by atoms with Crippen LogP contribution in [-0.4, -0.2) is 20.6 Å². The number of carboxylic acids is 1. The second-order valence-corrected chi connectivity index (χ2v) is 4.54. The number of hydrogen-bond acceptors (Lipinski definition) is 3. The van der Waals surface area contributed by atoms with E-state index in [4.69, 9.17) is 5.11 Å². The summed E-state index contributed by atoms with van der Waals surface area (Å²) < 4.78 is 14.5. The number of aliphatic carboxylic acids is 1. The largest absolute Gasteiger partial charge is 0.480 e. The van der Waals surface area contributed by atoms with Gasteiger partial charge in [-0.05, 0) is 36.4 Å². The number of carbonyl (C=O) groups is 1. The van der Waals surface area contributed by atoms with Crippen LogP contribution in [0, 0.1) is 5.82 Å². The third kappa shape index (κ3) is 2.69. The molecule has 0 spiro atoms. The van der Waals surface area contributed by atoms with Crippen LogP contribution in [0.2, 0.25) is 0 Å². The number of nitrogens with zero attached hydrogens (tertiary/aromatic N) is 2. The highest BCUT2D eigenvalue weighted by Gasteiger charge is 2.13. The summed E-state index contributed by atoms with van der Waals surface area (Å²) in [6.45, 7) is -0.204. The van der Waals surface area contributed by atoms with Gasteiger partial charge < -0.3 is 10.4 Å². The Bertz CT molecular complexity index is 796. The third-order valence-electron chi connectivity index (χ3n) is 3.05. The van der Waals surface area contributed by atoms with Gasteiger partial charge in [0.2, 0.25) is 5.95 Å². The van der Waals surface area contributed by atoms with Crippen molar-refractivity contribution in [1.82, 2.24) is 9.55 Å². The fourth-order valence-electron chi connectivity index (χ4n) is 2.13. The predicted octanol–water partition coefficient (Wildman–Crippen LogP) is 3.00. The molecule has 2 N–H and O–H groups in total. The van der Waals surface area contributed by atoms with Crippen molar-refractivity contribution in [3.05, 3.63) is 54.3 Å². The van der Waals surface area contributed by atoms with Crippen LogP contribution in [0.4, 0.5) is 16.0 Å². The van der Waals surface area contributed by atoms with Crippen molar-refractivity contribution in [3.8, 4) is 0 Å². The van der Waals surface area contributed by atoms with Gasteiger partial charge in [0.15, 0.2) is 0 Å². The van der Waals surface area contributed by atoms with E-state index in [1.807, 2.05) is 18.2 Å². The van der Waals surface area contributed by atoms with Gasteiger partial charge in [-0.25, -0.2) is 9.37 Å². The quantitative estimate of drug-likeness (QED) is 0.773. The number of rotatable bonds is 4. The summed E-state index contributed by atoms with van der Waals surface area (Å²) in [5, 5.41) is 12.1. The van der Waals surface area contributed by atoms with Crippen molar-refractivity contribution in [3.63, 3.8) is 0 Å². The maximum atomic E-state index is 12.9. The second kappa shape index (κ2) is 5.24. The SMILES string of the molecule is O=C(O)Cn1c(Nc2ccc(F)cc2)nc2ccccc21. The number of halogens is 1. The molecule has 0 saturated carbocycles. The van der Waals surface area contributed by atoms with Gasteiger partial charge in [0.25, 0.3) is 0 Å². The van der Waals surface area contributed by atoms with E-state index in [2.05, 4.69) is 10.3 Å². The van der Waals surface area contributed by atoms with Crippen LogP contribution in [0.5, 0.6) is 0 Å². The number of benzene rings is 2. The van der Waals surface area contributed by atoms with Gasteiger partial charge in [-0.2, -0.15) is 0 Å². The maximum absolute atomic E-state index is 12.9. The molecule has 0 aliphatic rings. The molecule has 3 rings (SSSR count). The van der Waals surface area contributed by atoms with Crippen molar-refractivity contribution in [2.24, 2.45) is 0 Å². The fourth-order valence-corrected chi connectivity index (χ4v) is 2.13. The van der Waals surface area contributed by atoms with E-state index in [1.54, 1.807) is 22.8 Å². The minimum Gasteiger partial charge on any atom is -0.480 e. The van der Waals surface area contributed by atoms with Crippen molar-refractivity contribution >= 4 is 28.6 Å². The van der Waals surface area contributed by atoms with E-state index >= 15 is 0 Å². The van der Waals surface area contributed by atoms with Crippen LogP contribution in [0.3, 0.4) is 0 Å². The van der Waals surface area contributed by atoms with Gasteiger partial charge in [0.1, 0.15) is 12.4 Å². The molecule has 2 aromatic carbocycles. The van der Waals surface area contributed by atoms with Gasteiger partial charge in [-0.15, -0.1) is 0 Å². The predicted molar refractivity (Wildman–Crippen MR) is 77.1 cm³/mol. The Hall–Kier alpha value is -2.89. The number of imidazole rings is 1. The van der Waals surface area contributed by atoms with Crippen molar-refractivity contribution in [2.45, 2.75) is 6.54 Å². The summed E-state index contributed by atoms with van der Waals surface area (Å²) in [4.78, 5) is 15.4. The molecule has 0 bridgehead atoms. The molecular formula is C15H12FN3O2. The topological polar surface area (TPSA) is 67.2 Å². The van der Waals surface area contributed by atoms with Gasteiger partial charge in [0, 0.05) is 5.69 Å². The molecule has 0 fully saturated rings. The summed E-state index contributed by atoms with van der Waals surface area (Å²) in [5.41, 5.74) is 2.06. The van der Waals surface area contributed by atoms with E-state index in [1.165, 1.54) is 12.1 Å². The van der Waals surface area contributed by atoms with E-state index in [0.29, 0.717) is 17.2 Å². The lowest BCUT2D eigenvalue weighted by Gasteiger charge is -2.08. The van der Waals surface area contributed by atoms with Crippen molar-refractivity contribution in [1.29, 1.82) is 0 Å². The molecule has 0 amide bonds. The fraction of sp³-hybridized carbons (Fsp3) is 0.0667. The van der Waals surface area contributed by atoms with Crippen LogP contribution >= 0.6 is 0 Å². The Kier molecular flexibility index (Phi) is 3.27. The molecule has 0 atom stereocenters. The van der Waals surface area contributed by atoms with Gasteiger partial charge in [-0.3, -0.25) is 9.36 Å². The van der Waals surface area contributed by atoms with Crippen LogP contribution in [0.15, 0.2) is 48.5 Å². The number of fused-ring (bicyclic) bond motifs is 1. The zero-order valence-corrected chi connectivity index (χ0v) is 11.0. The Morgan fingerprint density at radius 2 is 1.90 bits per heavy atom. The molecule has 1 aromatic heterocycles. The van der Waals surface area contributed by atoms with Crippen LogP contribution < -0.4 is 5.32 Å². The molecular weight excluding hydrogens is 273 g/mol. The average Bonchev–Trinajstić information content (AvgIpc) is 2.79. The van der Waals surface area contributed by atoms with Crippen LogP contribution in [-0.2, 0) is 11.3 Å². The third-order valence-corrected chi connectivity index (χ3v) is 3.05. The summed E-state index contributed by atoms with van der Waals surface area (Å²) in [5.74, 6) is -0.884. The number of nitrogens with one attached hydrogen (secondary N) is 1. The molecule has 0 unspecified atom stereocenters. The van der Waals surface area contributed by atoms with E-state index in [0.717, 1.165) is 5.52 Å². The molecule has 21 heavy (non-hydrogen) atoms. The highest BCUT2D eigenvalue weighted by Crippen LogP contribution is 2.22. The normalized spacial score (nSPS) is 10.7. The van der Waals surface area contributed by atoms with Crippen LogP contribution in [0.1, 0.15) is 0 Å². The van der Waals surface area contributed by atoms with Crippen LogP contribution in [0.25, 0.3) is 11.0 Å². The lowest BCUT2D eigenvalue weighted by molar-refractivity contribution is -0.137. The molecule has 3 aromatic rings. The monoisotopic (exact) mass is 285 g/mol. The second-order valence-electron chi connectivity index (χ2n) is 4.54. The summed E-state index contributed by atoms with van der Waals surface area (Å²) in [6, 6.07) is 13.1. The standard InChI is InChI=1S/C15H12FN3O2/c16-10-5-7-11(8-6-10)17-15-18-12-3-1-2-4-13(12)19(15)9-14(20)21/h1-8H,9H2,(H,17,18)(H,20,21). The molecule has 0 aliphatic heterocycles. The first-order valence-corrected chi connectivity index (χ1v) is 6.33. The van der Waals surface area contributed by atoms with E-state index < -0.39 is 5.97 Å².